The van der Waals surface area contributed by atoms with E-state index in [1.54, 1.807) is 0 Å². The van der Waals surface area contributed by atoms with Crippen LogP contribution in [0.5, 0.6) is 0 Å². The van der Waals surface area contributed by atoms with E-state index in [2.05, 4.69) is 199 Å². The summed E-state index contributed by atoms with van der Waals surface area (Å²) >= 11 is 0. The van der Waals surface area contributed by atoms with Crippen LogP contribution in [-0.2, 0) is 0 Å². The average molecular weight is 815 g/mol. The molecule has 0 radical (unpaired) electrons. The van der Waals surface area contributed by atoms with Crippen molar-refractivity contribution >= 4 is 97.6 Å². The van der Waals surface area contributed by atoms with Crippen molar-refractivity contribution < 1.29 is 4.42 Å². The molecule has 5 heteroatoms. The van der Waals surface area contributed by atoms with Gasteiger partial charge in [0.15, 0.2) is 11.6 Å². The Morgan fingerprint density at radius 1 is 0.328 bits per heavy atom. The Bertz CT molecular complexity index is 4180. The minimum atomic E-state index is 0.545. The largest absolute Gasteiger partial charge is 0.455 e. The molecule has 3 heterocycles. The first-order valence-corrected chi connectivity index (χ1v) is 21.7. The van der Waals surface area contributed by atoms with E-state index in [9.17, 15) is 0 Å². The molecule has 0 spiro atoms. The van der Waals surface area contributed by atoms with E-state index < -0.39 is 0 Å². The SMILES string of the molecule is c1ccc2cc(-c3ccc(-c4nc(-c5cccc6oc7c8ccccc8ccc7c56)nc(-n5c6ccc7ccccc7c6c6c7ccccc7ccc65)n4)c4ccccc34)ccc2c1. The van der Waals surface area contributed by atoms with Crippen LogP contribution in [0, 0.1) is 0 Å². The van der Waals surface area contributed by atoms with Crippen LogP contribution < -0.4 is 0 Å². The third-order valence-corrected chi connectivity index (χ3v) is 13.2. The van der Waals surface area contributed by atoms with Gasteiger partial charge < -0.3 is 4.42 Å². The lowest BCUT2D eigenvalue weighted by molar-refractivity contribution is 0.672. The minimum Gasteiger partial charge on any atom is -0.455 e. The quantitative estimate of drug-likeness (QED) is 0.178. The molecule has 14 rings (SSSR count). The maximum Gasteiger partial charge on any atom is 0.238 e. The number of hydrogen-bond donors (Lipinski definition) is 0. The van der Waals surface area contributed by atoms with Gasteiger partial charge in [-0.2, -0.15) is 9.97 Å². The van der Waals surface area contributed by atoms with Crippen molar-refractivity contribution in [3.05, 3.63) is 206 Å². The normalized spacial score (nSPS) is 12.1. The molecule has 0 aliphatic carbocycles. The summed E-state index contributed by atoms with van der Waals surface area (Å²) in [7, 11) is 0. The molecule has 3 aromatic heterocycles. The second kappa shape index (κ2) is 13.4. The summed E-state index contributed by atoms with van der Waals surface area (Å²) in [6.45, 7) is 0. The highest BCUT2D eigenvalue weighted by atomic mass is 16.3. The van der Waals surface area contributed by atoms with Gasteiger partial charge in [-0.3, -0.25) is 4.57 Å². The van der Waals surface area contributed by atoms with Crippen LogP contribution in [0.4, 0.5) is 0 Å². The molecule has 0 aliphatic rings. The summed E-state index contributed by atoms with van der Waals surface area (Å²) in [6.07, 6.45) is 0. The third-order valence-electron chi connectivity index (χ3n) is 13.2. The molecule has 0 saturated heterocycles. The van der Waals surface area contributed by atoms with E-state index in [1.807, 2.05) is 12.1 Å². The second-order valence-electron chi connectivity index (χ2n) is 16.7. The maximum absolute atomic E-state index is 6.71. The molecule has 0 N–H and O–H groups in total. The molecule has 0 saturated carbocycles. The molecular weight excluding hydrogens is 781 g/mol. The summed E-state index contributed by atoms with van der Waals surface area (Å²) < 4.78 is 8.95. The van der Waals surface area contributed by atoms with Gasteiger partial charge in [0.25, 0.3) is 0 Å². The van der Waals surface area contributed by atoms with Crippen molar-refractivity contribution in [3.8, 4) is 39.9 Å². The molecule has 0 atom stereocenters. The number of benzene rings is 11. The summed E-state index contributed by atoms with van der Waals surface area (Å²) in [5.74, 6) is 1.71. The summed E-state index contributed by atoms with van der Waals surface area (Å²) in [5, 5.41) is 15.9. The van der Waals surface area contributed by atoms with Gasteiger partial charge in [0.1, 0.15) is 11.2 Å². The van der Waals surface area contributed by atoms with Crippen LogP contribution in [-0.4, -0.2) is 19.5 Å². The fourth-order valence-electron chi connectivity index (χ4n) is 10.3. The molecule has 0 fully saturated rings. The van der Waals surface area contributed by atoms with Crippen molar-refractivity contribution in [2.75, 3.05) is 0 Å². The number of hydrogen-bond acceptors (Lipinski definition) is 4. The standard InChI is InChI=1S/C59H34N4O/c1-2-16-39-34-40(25-24-35(39)12-1)41-30-31-47(46-21-10-9-20-45(41)46)57-60-58(49-22-11-23-52-53(49)48-29-26-38-15-5-8-19-44(38)56(48)64-52)62-59(61-57)63-50-32-27-36-13-3-6-17-42(36)54(50)55-43-18-7-4-14-37(43)28-33-51(55)63/h1-34H. The van der Waals surface area contributed by atoms with Crippen molar-refractivity contribution in [2.24, 2.45) is 0 Å². The van der Waals surface area contributed by atoms with E-state index in [0.717, 1.165) is 76.8 Å². The van der Waals surface area contributed by atoms with Gasteiger partial charge in [-0.15, -0.1) is 0 Å². The molecule has 0 bridgehead atoms. The lowest BCUT2D eigenvalue weighted by atomic mass is 9.93. The number of nitrogens with zero attached hydrogens (tertiary/aromatic N) is 4. The van der Waals surface area contributed by atoms with Crippen LogP contribution in [0.25, 0.3) is 137 Å². The zero-order chi connectivity index (χ0) is 41.9. The van der Waals surface area contributed by atoms with Crippen LogP contribution in [0.2, 0.25) is 0 Å². The Labute approximate surface area is 366 Å². The van der Waals surface area contributed by atoms with Gasteiger partial charge in [0.2, 0.25) is 5.95 Å². The minimum absolute atomic E-state index is 0.545. The zero-order valence-electron chi connectivity index (χ0n) is 34.3. The predicted octanol–water partition coefficient (Wildman–Crippen LogP) is 15.6. The summed E-state index contributed by atoms with van der Waals surface area (Å²) in [5.41, 5.74) is 7.82. The molecule has 5 nitrogen and oxygen atoms in total. The monoisotopic (exact) mass is 814 g/mol. The van der Waals surface area contributed by atoms with Gasteiger partial charge in [-0.1, -0.05) is 170 Å². The Morgan fingerprint density at radius 3 is 1.56 bits per heavy atom. The van der Waals surface area contributed by atoms with Crippen molar-refractivity contribution in [3.63, 3.8) is 0 Å². The maximum atomic E-state index is 6.71. The fourth-order valence-corrected chi connectivity index (χ4v) is 10.3. The van der Waals surface area contributed by atoms with E-state index in [1.165, 1.54) is 43.1 Å². The molecule has 14 aromatic rings. The second-order valence-corrected chi connectivity index (χ2v) is 16.7. The zero-order valence-corrected chi connectivity index (χ0v) is 34.3. The first kappa shape index (κ1) is 35.0. The molecule has 0 amide bonds. The Kier molecular flexibility index (Phi) is 7.33. The van der Waals surface area contributed by atoms with Crippen LogP contribution >= 0.6 is 0 Å². The Hall–Kier alpha value is -8.67. The number of aromatic nitrogens is 4. The van der Waals surface area contributed by atoms with Gasteiger partial charge in [0, 0.05) is 38.1 Å². The van der Waals surface area contributed by atoms with E-state index >= 15 is 0 Å². The third kappa shape index (κ3) is 5.09. The van der Waals surface area contributed by atoms with Crippen LogP contribution in [0.1, 0.15) is 0 Å². The number of furan rings is 1. The molecule has 296 valence electrons. The molecular formula is C59H34N4O. The van der Waals surface area contributed by atoms with Crippen molar-refractivity contribution in [1.29, 1.82) is 0 Å². The van der Waals surface area contributed by atoms with Gasteiger partial charge >= 0.3 is 0 Å². The summed E-state index contributed by atoms with van der Waals surface area (Å²) in [4.78, 5) is 16.5. The predicted molar refractivity (Wildman–Crippen MR) is 265 cm³/mol. The first-order valence-electron chi connectivity index (χ1n) is 21.7. The molecule has 11 aromatic carbocycles. The lowest BCUT2D eigenvalue weighted by Crippen LogP contribution is -2.07. The van der Waals surface area contributed by atoms with Crippen LogP contribution in [0.3, 0.4) is 0 Å². The highest BCUT2D eigenvalue weighted by molar-refractivity contribution is 6.28. The van der Waals surface area contributed by atoms with Crippen molar-refractivity contribution in [1.82, 2.24) is 19.5 Å². The number of rotatable bonds is 4. The molecule has 0 unspecified atom stereocenters. The highest BCUT2D eigenvalue weighted by Gasteiger charge is 2.24. The van der Waals surface area contributed by atoms with Gasteiger partial charge in [-0.25, -0.2) is 4.98 Å². The fraction of sp³-hybridized carbons (Fsp3) is 0. The number of fused-ring (bicyclic) bond motifs is 14. The van der Waals surface area contributed by atoms with Crippen molar-refractivity contribution in [2.45, 2.75) is 0 Å². The average Bonchev–Trinajstić information content (AvgIpc) is 3.93. The smallest absolute Gasteiger partial charge is 0.238 e. The van der Waals surface area contributed by atoms with E-state index in [0.29, 0.717) is 17.6 Å². The van der Waals surface area contributed by atoms with E-state index in [4.69, 9.17) is 19.4 Å². The molecule has 0 aliphatic heterocycles. The summed E-state index contributed by atoms with van der Waals surface area (Å²) in [6, 6.07) is 73.3. The topological polar surface area (TPSA) is 56.7 Å². The Balaban J connectivity index is 1.09. The van der Waals surface area contributed by atoms with Crippen LogP contribution in [0.15, 0.2) is 211 Å². The van der Waals surface area contributed by atoms with E-state index in [-0.39, 0.29) is 0 Å². The molecule has 64 heavy (non-hydrogen) atoms. The first-order chi connectivity index (χ1) is 31.7. The highest BCUT2D eigenvalue weighted by Crippen LogP contribution is 2.43. The van der Waals surface area contributed by atoms with Gasteiger partial charge in [0.05, 0.1) is 11.0 Å². The Morgan fingerprint density at radius 2 is 0.859 bits per heavy atom. The lowest BCUT2D eigenvalue weighted by Gasteiger charge is -2.14. The van der Waals surface area contributed by atoms with Gasteiger partial charge in [-0.05, 0) is 96.0 Å².